The molecule has 3 aromatic rings. The smallest absolute Gasteiger partial charge is 0.410 e. The molecule has 6 rings (SSSR count). The molecule has 1 aromatic carbocycles. The Morgan fingerprint density at radius 2 is 1.77 bits per heavy atom. The van der Waals surface area contributed by atoms with Crippen LogP contribution in [0.3, 0.4) is 0 Å². The van der Waals surface area contributed by atoms with E-state index in [1.54, 1.807) is 21.6 Å². The Labute approximate surface area is 252 Å². The van der Waals surface area contributed by atoms with Crippen molar-refractivity contribution in [2.75, 3.05) is 62.6 Å². The number of hydrogen-bond acceptors (Lipinski definition) is 10. The second-order valence-electron chi connectivity index (χ2n) is 12.3. The second-order valence-corrected chi connectivity index (χ2v) is 14.5. The lowest BCUT2D eigenvalue weighted by atomic mass is 10.1. The summed E-state index contributed by atoms with van der Waals surface area (Å²) in [4.78, 5) is 30.4. The molecule has 0 spiro atoms. The minimum Gasteiger partial charge on any atom is -0.444 e. The molecule has 13 heteroatoms. The number of nitrogens with zero attached hydrogens (tertiary/aromatic N) is 6. The molecule has 1 saturated carbocycles. The first kappa shape index (κ1) is 29.5. The van der Waals surface area contributed by atoms with Crippen LogP contribution in [0, 0.1) is 0 Å². The van der Waals surface area contributed by atoms with Gasteiger partial charge in [0.05, 0.1) is 35.7 Å². The zero-order valence-corrected chi connectivity index (χ0v) is 25.7. The van der Waals surface area contributed by atoms with E-state index in [9.17, 15) is 13.2 Å². The van der Waals surface area contributed by atoms with E-state index in [0.717, 1.165) is 29.8 Å². The number of fused-ring (bicyclic) bond motifs is 1. The number of piperazine rings is 1. The molecule has 1 amide bonds. The number of morpholine rings is 1. The molecule has 2 aliphatic heterocycles. The zero-order chi connectivity index (χ0) is 30.2. The average molecular weight is 610 g/mol. The van der Waals surface area contributed by atoms with Gasteiger partial charge in [0, 0.05) is 62.9 Å². The number of benzene rings is 1. The molecule has 3 fully saturated rings. The van der Waals surface area contributed by atoms with Gasteiger partial charge in [0.2, 0.25) is 10.0 Å². The van der Waals surface area contributed by atoms with Crippen LogP contribution in [0.5, 0.6) is 0 Å². The third-order valence-electron chi connectivity index (χ3n) is 7.82. The Kier molecular flexibility index (Phi) is 8.14. The third kappa shape index (κ3) is 6.84. The Balaban J connectivity index is 1.13. The number of nitrogens with one attached hydrogen (secondary N) is 1. The van der Waals surface area contributed by atoms with Crippen molar-refractivity contribution >= 4 is 38.7 Å². The molecular formula is C30H39N7O5S. The van der Waals surface area contributed by atoms with Crippen LogP contribution in [-0.4, -0.2) is 108 Å². The fraction of sp³-hybridized carbons (Fsp3) is 0.533. The molecule has 3 aliphatic rings. The van der Waals surface area contributed by atoms with Gasteiger partial charge in [-0.3, -0.25) is 4.98 Å². The molecule has 1 atom stereocenters. The normalized spacial score (nSPS) is 20.3. The van der Waals surface area contributed by atoms with Crippen molar-refractivity contribution in [2.24, 2.45) is 0 Å². The fourth-order valence-corrected chi connectivity index (χ4v) is 7.24. The number of anilines is 2. The van der Waals surface area contributed by atoms with Crippen molar-refractivity contribution in [1.29, 1.82) is 0 Å². The highest BCUT2D eigenvalue weighted by Crippen LogP contribution is 2.32. The number of ether oxygens (including phenoxy) is 2. The maximum Gasteiger partial charge on any atom is 0.410 e. The van der Waals surface area contributed by atoms with E-state index in [1.807, 2.05) is 39.0 Å². The number of sulfonamides is 1. The predicted octanol–water partition coefficient (Wildman–Crippen LogP) is 3.35. The lowest BCUT2D eigenvalue weighted by Gasteiger charge is -2.35. The van der Waals surface area contributed by atoms with Gasteiger partial charge in [-0.15, -0.1) is 0 Å². The van der Waals surface area contributed by atoms with Crippen molar-refractivity contribution in [3.8, 4) is 11.3 Å². The van der Waals surface area contributed by atoms with Crippen LogP contribution in [0.4, 0.5) is 16.3 Å². The van der Waals surface area contributed by atoms with Crippen LogP contribution in [0.1, 0.15) is 33.6 Å². The summed E-state index contributed by atoms with van der Waals surface area (Å²) < 4.78 is 38.3. The third-order valence-corrected chi connectivity index (χ3v) is 10.2. The number of carbonyl (C=O) groups is 1. The molecular weight excluding hydrogens is 570 g/mol. The first-order valence-corrected chi connectivity index (χ1v) is 16.4. The van der Waals surface area contributed by atoms with Gasteiger partial charge >= 0.3 is 6.09 Å². The maximum atomic E-state index is 12.6. The van der Waals surface area contributed by atoms with Crippen LogP contribution in [0.25, 0.3) is 22.3 Å². The molecule has 43 heavy (non-hydrogen) atoms. The molecule has 1 aliphatic carbocycles. The number of carbonyl (C=O) groups excluding carboxylic acids is 1. The van der Waals surface area contributed by atoms with Crippen LogP contribution in [0.15, 0.2) is 42.7 Å². The van der Waals surface area contributed by atoms with E-state index < -0.39 is 15.6 Å². The number of aromatic nitrogens is 3. The quantitative estimate of drug-likeness (QED) is 0.426. The minimum absolute atomic E-state index is 0.168. The Morgan fingerprint density at radius 3 is 2.47 bits per heavy atom. The SMILES string of the molecule is CC(C)(C)OC(=O)N1CCO[C@H](CNc2nc(-c3ccc(N4CCN(S(=O)(=O)C5CC5)CC4)cc3)cc3nccnc23)C1. The lowest BCUT2D eigenvalue weighted by molar-refractivity contribution is -0.0371. The highest BCUT2D eigenvalue weighted by atomic mass is 32.2. The fourth-order valence-electron chi connectivity index (χ4n) is 5.41. The van der Waals surface area contributed by atoms with Crippen molar-refractivity contribution in [3.63, 3.8) is 0 Å². The summed E-state index contributed by atoms with van der Waals surface area (Å²) >= 11 is 0. The summed E-state index contributed by atoms with van der Waals surface area (Å²) in [6.45, 7) is 9.68. The largest absolute Gasteiger partial charge is 0.444 e. The van der Waals surface area contributed by atoms with Gasteiger partial charge in [0.1, 0.15) is 11.1 Å². The van der Waals surface area contributed by atoms with E-state index in [0.29, 0.717) is 69.3 Å². The monoisotopic (exact) mass is 609 g/mol. The van der Waals surface area contributed by atoms with E-state index in [1.165, 1.54) is 0 Å². The maximum absolute atomic E-state index is 12.6. The van der Waals surface area contributed by atoms with Crippen LogP contribution in [0.2, 0.25) is 0 Å². The van der Waals surface area contributed by atoms with Gasteiger partial charge in [0.25, 0.3) is 0 Å². The van der Waals surface area contributed by atoms with E-state index >= 15 is 0 Å². The summed E-state index contributed by atoms with van der Waals surface area (Å²) in [5.41, 5.74) is 3.54. The van der Waals surface area contributed by atoms with Crippen molar-refractivity contribution in [1.82, 2.24) is 24.2 Å². The summed E-state index contributed by atoms with van der Waals surface area (Å²) in [6, 6.07) is 10.1. The molecule has 2 aromatic heterocycles. The number of rotatable bonds is 7. The number of pyridine rings is 1. The van der Waals surface area contributed by atoms with Gasteiger partial charge in [-0.2, -0.15) is 4.31 Å². The molecule has 230 valence electrons. The Hall–Kier alpha value is -3.55. The summed E-state index contributed by atoms with van der Waals surface area (Å²) in [6.07, 6.45) is 4.29. The standard InChI is InChI=1S/C30H39N7O5S/c1-30(2,3)42-29(38)36-16-17-41-23(20-36)19-33-28-27-26(31-10-11-32-27)18-25(34-28)21-4-6-22(7-5-21)35-12-14-37(15-13-35)43(39,40)24-8-9-24/h4-7,10-11,18,23-24H,8-9,12-17,19-20H2,1-3H3,(H,33,34)/t23-/m1/s1. The average Bonchev–Trinajstić information content (AvgIpc) is 3.86. The molecule has 0 bridgehead atoms. The molecule has 2 saturated heterocycles. The Morgan fingerprint density at radius 1 is 1.05 bits per heavy atom. The number of hydrogen-bond donors (Lipinski definition) is 1. The summed E-state index contributed by atoms with van der Waals surface area (Å²) in [5.74, 6) is 0.593. The highest BCUT2D eigenvalue weighted by Gasteiger charge is 2.41. The minimum atomic E-state index is -3.13. The van der Waals surface area contributed by atoms with E-state index in [-0.39, 0.29) is 17.4 Å². The predicted molar refractivity (Wildman–Crippen MR) is 165 cm³/mol. The van der Waals surface area contributed by atoms with Gasteiger partial charge < -0.3 is 24.6 Å². The number of amides is 1. The Bertz CT molecular complexity index is 1570. The van der Waals surface area contributed by atoms with Crippen molar-refractivity contribution < 1.29 is 22.7 Å². The summed E-state index contributed by atoms with van der Waals surface area (Å²) in [5, 5.41) is 3.22. The zero-order valence-electron chi connectivity index (χ0n) is 24.9. The van der Waals surface area contributed by atoms with Crippen molar-refractivity contribution in [3.05, 3.63) is 42.7 Å². The topological polar surface area (TPSA) is 130 Å². The highest BCUT2D eigenvalue weighted by molar-refractivity contribution is 7.90. The molecule has 12 nitrogen and oxygen atoms in total. The van der Waals surface area contributed by atoms with Crippen LogP contribution >= 0.6 is 0 Å². The molecule has 4 heterocycles. The summed E-state index contributed by atoms with van der Waals surface area (Å²) in [7, 11) is -3.13. The van der Waals surface area contributed by atoms with Gasteiger partial charge in [0.15, 0.2) is 5.82 Å². The molecule has 1 N–H and O–H groups in total. The molecule has 0 radical (unpaired) electrons. The van der Waals surface area contributed by atoms with Gasteiger partial charge in [-0.1, -0.05) is 12.1 Å². The second kappa shape index (κ2) is 11.9. The van der Waals surface area contributed by atoms with Crippen LogP contribution in [-0.2, 0) is 19.5 Å². The first-order valence-electron chi connectivity index (χ1n) is 14.9. The van der Waals surface area contributed by atoms with E-state index in [4.69, 9.17) is 14.5 Å². The first-order chi connectivity index (χ1) is 20.6. The van der Waals surface area contributed by atoms with Gasteiger partial charge in [-0.05, 0) is 51.8 Å². The van der Waals surface area contributed by atoms with Crippen LogP contribution < -0.4 is 10.2 Å². The molecule has 0 unspecified atom stereocenters. The van der Waals surface area contributed by atoms with E-state index in [2.05, 4.69) is 32.3 Å². The van der Waals surface area contributed by atoms with Crippen molar-refractivity contribution in [2.45, 2.75) is 50.6 Å². The lowest BCUT2D eigenvalue weighted by Crippen LogP contribution is -2.49. The van der Waals surface area contributed by atoms with Gasteiger partial charge in [-0.25, -0.2) is 23.2 Å².